The van der Waals surface area contributed by atoms with Gasteiger partial charge in [0.1, 0.15) is 12.6 Å². The van der Waals surface area contributed by atoms with Crippen LogP contribution in [0, 0.1) is 13.8 Å². The fraction of sp³-hybridized carbons (Fsp3) is 0.286. The summed E-state index contributed by atoms with van der Waals surface area (Å²) in [4.78, 5) is 37.8. The largest absolute Gasteiger partial charge is 0.326 e. The molecule has 27 heavy (non-hydrogen) atoms. The number of nitrogens with one attached hydrogen (secondary N) is 2. The van der Waals surface area contributed by atoms with E-state index in [4.69, 9.17) is 0 Å². The van der Waals surface area contributed by atoms with E-state index >= 15 is 0 Å². The molecule has 3 rings (SSSR count). The van der Waals surface area contributed by atoms with Crippen molar-refractivity contribution in [2.75, 3.05) is 11.9 Å². The Hall–Kier alpha value is -3.15. The number of nitrogens with zero attached hydrogens (tertiary/aromatic N) is 1. The Labute approximate surface area is 158 Å². The molecular formula is C21H23N3O3. The van der Waals surface area contributed by atoms with E-state index in [0.717, 1.165) is 21.6 Å². The fourth-order valence-electron chi connectivity index (χ4n) is 3.04. The maximum Gasteiger partial charge on any atom is 0.325 e. The van der Waals surface area contributed by atoms with Gasteiger partial charge in [0.15, 0.2) is 0 Å². The van der Waals surface area contributed by atoms with E-state index in [-0.39, 0.29) is 12.5 Å². The molecular weight excluding hydrogens is 342 g/mol. The zero-order valence-corrected chi connectivity index (χ0v) is 15.5. The van der Waals surface area contributed by atoms with E-state index in [1.54, 1.807) is 6.07 Å². The number of amides is 4. The highest BCUT2D eigenvalue weighted by atomic mass is 16.2. The monoisotopic (exact) mass is 365 g/mol. The van der Waals surface area contributed by atoms with E-state index in [9.17, 15) is 14.4 Å². The van der Waals surface area contributed by atoms with Crippen LogP contribution in [-0.4, -0.2) is 35.3 Å². The lowest BCUT2D eigenvalue weighted by Crippen LogP contribution is -2.38. The minimum absolute atomic E-state index is 0.292. The second-order valence-corrected chi connectivity index (χ2v) is 6.80. The summed E-state index contributed by atoms with van der Waals surface area (Å²) in [5.41, 5.74) is 3.94. The number of anilines is 1. The molecule has 2 N–H and O–H groups in total. The summed E-state index contributed by atoms with van der Waals surface area (Å²) in [7, 11) is 0. The van der Waals surface area contributed by atoms with E-state index < -0.39 is 18.0 Å². The number of urea groups is 1. The minimum Gasteiger partial charge on any atom is -0.326 e. The van der Waals surface area contributed by atoms with Crippen LogP contribution in [0.2, 0.25) is 0 Å². The molecule has 1 saturated heterocycles. The number of imide groups is 1. The zero-order valence-electron chi connectivity index (χ0n) is 15.5. The Balaban J connectivity index is 1.56. The Kier molecular flexibility index (Phi) is 5.54. The lowest BCUT2D eigenvalue weighted by atomic mass is 10.1. The van der Waals surface area contributed by atoms with Gasteiger partial charge in [-0.2, -0.15) is 0 Å². The number of aryl methyl sites for hydroxylation is 3. The van der Waals surface area contributed by atoms with Gasteiger partial charge < -0.3 is 10.6 Å². The SMILES string of the molecule is Cc1ccc(NC(=O)CN2C(=O)NC(CCc3ccccc3)C2=O)cc1C. The molecule has 1 aliphatic rings. The summed E-state index contributed by atoms with van der Waals surface area (Å²) in [6.45, 7) is 3.66. The van der Waals surface area contributed by atoms with Crippen molar-refractivity contribution in [2.45, 2.75) is 32.7 Å². The molecule has 1 aliphatic heterocycles. The quantitative estimate of drug-likeness (QED) is 0.773. The molecule has 6 nitrogen and oxygen atoms in total. The molecule has 1 unspecified atom stereocenters. The van der Waals surface area contributed by atoms with Gasteiger partial charge in [-0.15, -0.1) is 0 Å². The molecule has 140 valence electrons. The van der Waals surface area contributed by atoms with Crippen molar-refractivity contribution in [3.8, 4) is 0 Å². The number of carbonyl (C=O) groups excluding carboxylic acids is 3. The predicted molar refractivity (Wildman–Crippen MR) is 103 cm³/mol. The first-order chi connectivity index (χ1) is 12.9. The van der Waals surface area contributed by atoms with Gasteiger partial charge in [0, 0.05) is 5.69 Å². The number of carbonyl (C=O) groups is 3. The number of benzene rings is 2. The van der Waals surface area contributed by atoms with Crippen LogP contribution in [-0.2, 0) is 16.0 Å². The molecule has 0 aromatic heterocycles. The second-order valence-electron chi connectivity index (χ2n) is 6.80. The van der Waals surface area contributed by atoms with Crippen LogP contribution in [0.4, 0.5) is 10.5 Å². The average Bonchev–Trinajstić information content (AvgIpc) is 2.91. The van der Waals surface area contributed by atoms with Crippen molar-refractivity contribution in [3.63, 3.8) is 0 Å². The Bertz CT molecular complexity index is 864. The van der Waals surface area contributed by atoms with E-state index in [0.29, 0.717) is 18.5 Å². The third-order valence-corrected chi connectivity index (χ3v) is 4.76. The predicted octanol–water partition coefficient (Wildman–Crippen LogP) is 2.80. The molecule has 0 bridgehead atoms. The van der Waals surface area contributed by atoms with Crippen LogP contribution in [0.3, 0.4) is 0 Å². The minimum atomic E-state index is -0.591. The van der Waals surface area contributed by atoms with E-state index in [1.165, 1.54) is 0 Å². The van der Waals surface area contributed by atoms with Crippen molar-refractivity contribution < 1.29 is 14.4 Å². The van der Waals surface area contributed by atoms with Gasteiger partial charge in [0.25, 0.3) is 5.91 Å². The second kappa shape index (κ2) is 8.03. The van der Waals surface area contributed by atoms with Crippen molar-refractivity contribution in [2.24, 2.45) is 0 Å². The van der Waals surface area contributed by atoms with Crippen LogP contribution in [0.1, 0.15) is 23.1 Å². The smallest absolute Gasteiger partial charge is 0.325 e. The van der Waals surface area contributed by atoms with Gasteiger partial charge in [-0.1, -0.05) is 36.4 Å². The first-order valence-electron chi connectivity index (χ1n) is 8.97. The molecule has 0 spiro atoms. The van der Waals surface area contributed by atoms with Gasteiger partial charge in [-0.05, 0) is 55.5 Å². The topological polar surface area (TPSA) is 78.5 Å². The normalized spacial score (nSPS) is 16.4. The molecule has 1 fully saturated rings. The summed E-state index contributed by atoms with van der Waals surface area (Å²) in [6, 6.07) is 14.2. The van der Waals surface area contributed by atoms with Crippen LogP contribution in [0.25, 0.3) is 0 Å². The van der Waals surface area contributed by atoms with Gasteiger partial charge in [0.05, 0.1) is 0 Å². The molecule has 1 heterocycles. The van der Waals surface area contributed by atoms with Gasteiger partial charge in [-0.25, -0.2) is 4.79 Å². The number of rotatable bonds is 6. The van der Waals surface area contributed by atoms with E-state index in [1.807, 2.05) is 56.3 Å². The first-order valence-corrected chi connectivity index (χ1v) is 8.97. The average molecular weight is 365 g/mol. The van der Waals surface area contributed by atoms with Crippen LogP contribution < -0.4 is 10.6 Å². The third kappa shape index (κ3) is 4.53. The summed E-state index contributed by atoms with van der Waals surface area (Å²) in [6.07, 6.45) is 1.18. The Morgan fingerprint density at radius 2 is 1.81 bits per heavy atom. The molecule has 0 radical (unpaired) electrons. The summed E-state index contributed by atoms with van der Waals surface area (Å²) >= 11 is 0. The zero-order chi connectivity index (χ0) is 19.4. The summed E-state index contributed by atoms with van der Waals surface area (Å²) in [5.74, 6) is -0.753. The van der Waals surface area contributed by atoms with Crippen molar-refractivity contribution >= 4 is 23.5 Å². The Morgan fingerprint density at radius 3 is 2.52 bits per heavy atom. The van der Waals surface area contributed by atoms with Crippen LogP contribution in [0.15, 0.2) is 48.5 Å². The summed E-state index contributed by atoms with van der Waals surface area (Å²) in [5, 5.41) is 5.41. The first kappa shape index (κ1) is 18.6. The lowest BCUT2D eigenvalue weighted by molar-refractivity contribution is -0.130. The van der Waals surface area contributed by atoms with Crippen molar-refractivity contribution in [1.82, 2.24) is 10.2 Å². The molecule has 2 aromatic rings. The van der Waals surface area contributed by atoms with Crippen molar-refractivity contribution in [3.05, 3.63) is 65.2 Å². The highest BCUT2D eigenvalue weighted by Gasteiger charge is 2.38. The van der Waals surface area contributed by atoms with Gasteiger partial charge in [-0.3, -0.25) is 14.5 Å². The highest BCUT2D eigenvalue weighted by Crippen LogP contribution is 2.16. The molecule has 1 atom stereocenters. The van der Waals surface area contributed by atoms with Gasteiger partial charge in [0.2, 0.25) is 5.91 Å². The van der Waals surface area contributed by atoms with Gasteiger partial charge >= 0.3 is 6.03 Å². The van der Waals surface area contributed by atoms with Crippen LogP contribution >= 0.6 is 0 Å². The maximum absolute atomic E-state index is 12.5. The highest BCUT2D eigenvalue weighted by molar-refractivity contribution is 6.07. The number of hydrogen-bond acceptors (Lipinski definition) is 3. The van der Waals surface area contributed by atoms with Crippen LogP contribution in [0.5, 0.6) is 0 Å². The Morgan fingerprint density at radius 1 is 1.07 bits per heavy atom. The van der Waals surface area contributed by atoms with E-state index in [2.05, 4.69) is 10.6 Å². The molecule has 0 saturated carbocycles. The lowest BCUT2D eigenvalue weighted by Gasteiger charge is -2.13. The molecule has 6 heteroatoms. The summed E-state index contributed by atoms with van der Waals surface area (Å²) < 4.78 is 0. The maximum atomic E-state index is 12.5. The fourth-order valence-corrected chi connectivity index (χ4v) is 3.04. The standard InChI is InChI=1S/C21H23N3O3/c1-14-8-10-17(12-15(14)2)22-19(25)13-24-20(26)18(23-21(24)27)11-9-16-6-4-3-5-7-16/h3-8,10,12,18H,9,11,13H2,1-2H3,(H,22,25)(H,23,27). The molecule has 2 aromatic carbocycles. The van der Waals surface area contributed by atoms with Crippen molar-refractivity contribution in [1.29, 1.82) is 0 Å². The third-order valence-electron chi connectivity index (χ3n) is 4.76. The number of hydrogen-bond donors (Lipinski definition) is 2. The molecule has 0 aliphatic carbocycles. The molecule has 4 amide bonds.